The number of ketones is 1. The maximum atomic E-state index is 14.6. The number of fused-ring (bicyclic) bond motifs is 1. The summed E-state index contributed by atoms with van der Waals surface area (Å²) in [6, 6.07) is 14.4. The molecule has 216 valence electrons. The van der Waals surface area contributed by atoms with E-state index in [9.17, 15) is 9.18 Å². The van der Waals surface area contributed by atoms with Crippen molar-refractivity contribution in [1.29, 1.82) is 0 Å². The molecule has 1 aliphatic heterocycles. The van der Waals surface area contributed by atoms with Crippen molar-refractivity contribution in [2.75, 3.05) is 25.0 Å². The molecular weight excluding hydrogens is 517 g/mol. The van der Waals surface area contributed by atoms with E-state index in [0.717, 1.165) is 24.2 Å². The number of pyridine rings is 1. The number of hydrogen-bond donors (Lipinski definition) is 1. The second-order valence-electron chi connectivity index (χ2n) is 12.7. The fourth-order valence-electron chi connectivity index (χ4n) is 5.74. The molecule has 4 aromatic rings. The van der Waals surface area contributed by atoms with Crippen molar-refractivity contribution in [2.45, 2.75) is 52.9 Å². The number of rotatable bonds is 8. The number of nitrogens with zero attached hydrogens (tertiary/aromatic N) is 4. The third-order valence-electron chi connectivity index (χ3n) is 7.68. The van der Waals surface area contributed by atoms with Gasteiger partial charge in [0.2, 0.25) is 5.95 Å². The summed E-state index contributed by atoms with van der Waals surface area (Å²) >= 11 is 0. The molecule has 1 saturated heterocycles. The van der Waals surface area contributed by atoms with E-state index in [-0.39, 0.29) is 23.4 Å². The fourth-order valence-corrected chi connectivity index (χ4v) is 5.74. The van der Waals surface area contributed by atoms with Crippen molar-refractivity contribution in [3.8, 4) is 11.5 Å². The zero-order valence-corrected chi connectivity index (χ0v) is 24.9. The average Bonchev–Trinajstić information content (AvgIpc) is 3.18. The summed E-state index contributed by atoms with van der Waals surface area (Å²) in [7, 11) is 1.89. The lowest BCUT2D eigenvalue weighted by atomic mass is 9.87. The van der Waals surface area contributed by atoms with E-state index >= 15 is 0 Å². The Morgan fingerprint density at radius 3 is 2.51 bits per heavy atom. The maximum absolute atomic E-state index is 14.6. The van der Waals surface area contributed by atoms with Crippen LogP contribution in [0, 0.1) is 17.7 Å². The number of piperidine rings is 1. The van der Waals surface area contributed by atoms with E-state index in [4.69, 9.17) is 9.72 Å². The zero-order chi connectivity index (χ0) is 29.3. The maximum Gasteiger partial charge on any atom is 0.208 e. The number of Topliss-reactive ketones (excluding diaryl/α,β-unsaturated/α-hetero) is 1. The largest absolute Gasteiger partial charge is 0.457 e. The van der Waals surface area contributed by atoms with Gasteiger partial charge in [0.1, 0.15) is 17.3 Å². The van der Waals surface area contributed by atoms with Crippen LogP contribution in [0.1, 0.15) is 52.3 Å². The molecule has 0 amide bonds. The van der Waals surface area contributed by atoms with Crippen LogP contribution in [0.25, 0.3) is 11.0 Å². The first kappa shape index (κ1) is 28.7. The standard InChI is InChI=1S/C33H40FN5O2/c1-21-13-22(2)19-39(18-21)20-25(40)15-24-16-27(11-12-35-24)41-26-8-10-31-30(17-26)37-32(38(31)6)36-29-14-23(33(3,4)5)7-9-28(29)34/h7-12,14,16-17,21-22H,13,15,18-20H2,1-6H3,(H,36,37). The van der Waals surface area contributed by atoms with E-state index in [1.54, 1.807) is 12.3 Å². The normalized spacial score (nSPS) is 18.0. The quantitative estimate of drug-likeness (QED) is 0.251. The highest BCUT2D eigenvalue weighted by Gasteiger charge is 2.23. The molecule has 1 aliphatic rings. The van der Waals surface area contributed by atoms with Crippen molar-refractivity contribution in [3.05, 3.63) is 71.8 Å². The minimum absolute atomic E-state index is 0.104. The molecule has 7 nitrogen and oxygen atoms in total. The van der Waals surface area contributed by atoms with Gasteiger partial charge in [0.25, 0.3) is 0 Å². The van der Waals surface area contributed by atoms with Crippen LogP contribution in [0.4, 0.5) is 16.0 Å². The van der Waals surface area contributed by atoms with Gasteiger partial charge in [0, 0.05) is 38.5 Å². The summed E-state index contributed by atoms with van der Waals surface area (Å²) in [6.45, 7) is 13.2. The molecule has 0 saturated carbocycles. The number of anilines is 2. The number of hydrogen-bond acceptors (Lipinski definition) is 6. The summed E-state index contributed by atoms with van der Waals surface area (Å²) in [5.41, 5.74) is 3.60. The van der Waals surface area contributed by atoms with Crippen LogP contribution < -0.4 is 10.1 Å². The molecule has 3 heterocycles. The highest BCUT2D eigenvalue weighted by Crippen LogP contribution is 2.31. The lowest BCUT2D eigenvalue weighted by Gasteiger charge is -2.34. The summed E-state index contributed by atoms with van der Waals surface area (Å²) in [5, 5.41) is 3.16. The van der Waals surface area contributed by atoms with Crippen LogP contribution in [0.2, 0.25) is 0 Å². The Morgan fingerprint density at radius 1 is 1.05 bits per heavy atom. The Hall–Kier alpha value is -3.78. The van der Waals surface area contributed by atoms with Crippen LogP contribution in [0.15, 0.2) is 54.7 Å². The van der Waals surface area contributed by atoms with Crippen molar-refractivity contribution in [3.63, 3.8) is 0 Å². The number of halogens is 1. The van der Waals surface area contributed by atoms with Gasteiger partial charge in [-0.25, -0.2) is 9.37 Å². The van der Waals surface area contributed by atoms with Crippen molar-refractivity contribution in [2.24, 2.45) is 18.9 Å². The molecule has 0 radical (unpaired) electrons. The summed E-state index contributed by atoms with van der Waals surface area (Å²) < 4.78 is 22.7. The number of carbonyl (C=O) groups is 1. The van der Waals surface area contributed by atoms with Crippen LogP contribution in [-0.2, 0) is 23.7 Å². The van der Waals surface area contributed by atoms with Crippen LogP contribution >= 0.6 is 0 Å². The van der Waals surface area contributed by atoms with Gasteiger partial charge in [-0.2, -0.15) is 0 Å². The van der Waals surface area contributed by atoms with Gasteiger partial charge in [0.15, 0.2) is 5.78 Å². The number of aryl methyl sites for hydroxylation is 1. The van der Waals surface area contributed by atoms with E-state index < -0.39 is 0 Å². The molecule has 5 rings (SSSR count). The van der Waals surface area contributed by atoms with E-state index in [1.807, 2.05) is 48.0 Å². The van der Waals surface area contributed by atoms with Gasteiger partial charge in [-0.15, -0.1) is 0 Å². The van der Waals surface area contributed by atoms with Gasteiger partial charge in [-0.05, 0) is 59.6 Å². The van der Waals surface area contributed by atoms with E-state index in [2.05, 4.69) is 49.8 Å². The second kappa shape index (κ2) is 11.6. The Bertz CT molecular complexity index is 1550. The number of nitrogens with one attached hydrogen (secondary N) is 1. The Morgan fingerprint density at radius 2 is 1.78 bits per heavy atom. The monoisotopic (exact) mass is 557 g/mol. The molecular formula is C33H40FN5O2. The molecule has 8 heteroatoms. The Balaban J connectivity index is 1.28. The topological polar surface area (TPSA) is 72.3 Å². The molecule has 2 aromatic carbocycles. The number of likely N-dealkylation sites (tertiary alicyclic amines) is 1. The number of imidazole rings is 1. The van der Waals surface area contributed by atoms with Crippen LogP contribution in [-0.4, -0.2) is 44.9 Å². The third kappa shape index (κ3) is 6.93. The molecule has 0 aliphatic carbocycles. The summed E-state index contributed by atoms with van der Waals surface area (Å²) in [6.07, 6.45) is 3.17. The molecule has 0 bridgehead atoms. The van der Waals surface area contributed by atoms with Gasteiger partial charge in [0.05, 0.1) is 35.4 Å². The Labute approximate surface area is 241 Å². The van der Waals surface area contributed by atoms with Crippen molar-refractivity contribution < 1.29 is 13.9 Å². The number of carbonyl (C=O) groups excluding carboxylic acids is 1. The lowest BCUT2D eigenvalue weighted by Crippen LogP contribution is -2.41. The molecule has 1 fully saturated rings. The first-order valence-corrected chi connectivity index (χ1v) is 14.3. The molecule has 41 heavy (non-hydrogen) atoms. The predicted molar refractivity (Wildman–Crippen MR) is 162 cm³/mol. The average molecular weight is 558 g/mol. The molecule has 1 N–H and O–H groups in total. The van der Waals surface area contributed by atoms with Crippen LogP contribution in [0.3, 0.4) is 0 Å². The smallest absolute Gasteiger partial charge is 0.208 e. The number of ether oxygens (including phenoxy) is 1. The first-order valence-electron chi connectivity index (χ1n) is 14.3. The summed E-state index contributed by atoms with van der Waals surface area (Å²) in [5.74, 6) is 2.82. The lowest BCUT2D eigenvalue weighted by molar-refractivity contribution is -0.120. The van der Waals surface area contributed by atoms with Gasteiger partial charge < -0.3 is 14.6 Å². The third-order valence-corrected chi connectivity index (χ3v) is 7.68. The van der Waals surface area contributed by atoms with Gasteiger partial charge in [-0.3, -0.25) is 14.7 Å². The minimum atomic E-state index is -0.332. The van der Waals surface area contributed by atoms with Crippen LogP contribution in [0.5, 0.6) is 11.5 Å². The SMILES string of the molecule is CC1CC(C)CN(CC(=O)Cc2cc(Oc3ccc4c(c3)nc(Nc3cc(C(C)(C)C)ccc3F)n4C)ccn2)C1. The minimum Gasteiger partial charge on any atom is -0.457 e. The number of benzene rings is 2. The highest BCUT2D eigenvalue weighted by molar-refractivity contribution is 5.83. The molecule has 2 aromatic heterocycles. The van der Waals surface area contributed by atoms with Gasteiger partial charge in [-0.1, -0.05) is 40.7 Å². The Kier molecular flexibility index (Phi) is 8.13. The van der Waals surface area contributed by atoms with Crippen molar-refractivity contribution in [1.82, 2.24) is 19.4 Å². The van der Waals surface area contributed by atoms with Crippen molar-refractivity contribution >= 4 is 28.5 Å². The van der Waals surface area contributed by atoms with Gasteiger partial charge >= 0.3 is 0 Å². The second-order valence-corrected chi connectivity index (χ2v) is 12.7. The zero-order valence-electron chi connectivity index (χ0n) is 24.9. The molecule has 0 spiro atoms. The predicted octanol–water partition coefficient (Wildman–Crippen LogP) is 7.03. The van der Waals surface area contributed by atoms with E-state index in [1.165, 1.54) is 12.5 Å². The molecule has 2 unspecified atom stereocenters. The fraction of sp³-hybridized carbons (Fsp3) is 0.424. The van der Waals surface area contributed by atoms with E-state index in [0.29, 0.717) is 52.7 Å². The highest BCUT2D eigenvalue weighted by atomic mass is 19.1. The first-order chi connectivity index (χ1) is 19.4. The number of aromatic nitrogens is 3. The summed E-state index contributed by atoms with van der Waals surface area (Å²) in [4.78, 5) is 24.2. The molecule has 2 atom stereocenters.